The Kier molecular flexibility index (Phi) is 3.07. The van der Waals surface area contributed by atoms with Gasteiger partial charge in [0, 0.05) is 19.2 Å². The van der Waals surface area contributed by atoms with Crippen molar-refractivity contribution in [2.45, 2.75) is 25.8 Å². The van der Waals surface area contributed by atoms with Crippen LogP contribution in [0.15, 0.2) is 24.3 Å². The van der Waals surface area contributed by atoms with Crippen LogP contribution in [0.4, 0.5) is 5.95 Å². The molecule has 0 unspecified atom stereocenters. The smallest absolute Gasteiger partial charge is 0.204 e. The molecule has 0 atom stereocenters. The summed E-state index contributed by atoms with van der Waals surface area (Å²) in [5.74, 6) is 0.838. The van der Waals surface area contributed by atoms with Crippen LogP contribution in [0.1, 0.15) is 20.3 Å². The second-order valence-corrected chi connectivity index (χ2v) is 4.97. The number of aliphatic hydroxyl groups excluding tert-OH is 1. The zero-order chi connectivity index (χ0) is 12.5. The molecular weight excluding hydrogens is 214 g/mol. The lowest BCUT2D eigenvalue weighted by molar-refractivity contribution is 0.260. The van der Waals surface area contributed by atoms with Gasteiger partial charge in [0.05, 0.1) is 11.0 Å². The molecule has 4 nitrogen and oxygen atoms in total. The number of hydrogen-bond acceptors (Lipinski definition) is 3. The van der Waals surface area contributed by atoms with E-state index >= 15 is 0 Å². The Balaban J connectivity index is 2.33. The van der Waals surface area contributed by atoms with Gasteiger partial charge in [-0.1, -0.05) is 12.1 Å². The van der Waals surface area contributed by atoms with E-state index in [-0.39, 0.29) is 12.1 Å². The van der Waals surface area contributed by atoms with Gasteiger partial charge in [0.15, 0.2) is 0 Å². The van der Waals surface area contributed by atoms with E-state index < -0.39 is 0 Å². The van der Waals surface area contributed by atoms with E-state index in [9.17, 15) is 0 Å². The molecule has 2 rings (SSSR count). The first-order valence-corrected chi connectivity index (χ1v) is 5.84. The average Bonchev–Trinajstić information content (AvgIpc) is 2.56. The van der Waals surface area contributed by atoms with Crippen LogP contribution in [0.3, 0.4) is 0 Å². The van der Waals surface area contributed by atoms with Crippen LogP contribution < -0.4 is 5.32 Å². The number of nitrogens with one attached hydrogen (secondary N) is 1. The second kappa shape index (κ2) is 4.37. The van der Waals surface area contributed by atoms with Crippen molar-refractivity contribution in [3.05, 3.63) is 24.3 Å². The highest BCUT2D eigenvalue weighted by Crippen LogP contribution is 2.21. The van der Waals surface area contributed by atoms with E-state index in [2.05, 4.69) is 24.1 Å². The van der Waals surface area contributed by atoms with Crippen molar-refractivity contribution in [1.29, 1.82) is 0 Å². The Morgan fingerprint density at radius 1 is 1.35 bits per heavy atom. The summed E-state index contributed by atoms with van der Waals surface area (Å²) in [5.41, 5.74) is 1.93. The van der Waals surface area contributed by atoms with Crippen LogP contribution >= 0.6 is 0 Å². The highest BCUT2D eigenvalue weighted by molar-refractivity contribution is 5.78. The van der Waals surface area contributed by atoms with E-state index in [1.54, 1.807) is 0 Å². The number of aryl methyl sites for hydroxylation is 1. The molecule has 0 aliphatic heterocycles. The first kappa shape index (κ1) is 11.9. The molecule has 2 aromatic rings. The van der Waals surface area contributed by atoms with Gasteiger partial charge in [-0.2, -0.15) is 0 Å². The van der Waals surface area contributed by atoms with Crippen molar-refractivity contribution in [3.8, 4) is 0 Å². The summed E-state index contributed by atoms with van der Waals surface area (Å²) in [5, 5.41) is 12.4. The number of aromatic nitrogens is 2. The maximum atomic E-state index is 9.02. The molecule has 0 radical (unpaired) electrons. The highest BCUT2D eigenvalue weighted by atomic mass is 16.3. The Morgan fingerprint density at radius 3 is 2.71 bits per heavy atom. The Labute approximate surface area is 101 Å². The summed E-state index contributed by atoms with van der Waals surface area (Å²) in [7, 11) is 1.99. The zero-order valence-corrected chi connectivity index (χ0v) is 10.6. The predicted octanol–water partition coefficient (Wildman–Crippen LogP) is 2.15. The van der Waals surface area contributed by atoms with E-state index in [1.807, 2.05) is 35.9 Å². The van der Waals surface area contributed by atoms with Crippen molar-refractivity contribution in [2.75, 3.05) is 11.9 Å². The molecule has 1 heterocycles. The number of rotatable bonds is 4. The van der Waals surface area contributed by atoms with Gasteiger partial charge in [-0.3, -0.25) is 0 Å². The fourth-order valence-electron chi connectivity index (χ4n) is 1.90. The van der Waals surface area contributed by atoms with Crippen molar-refractivity contribution in [1.82, 2.24) is 9.55 Å². The molecule has 1 aromatic carbocycles. The summed E-state index contributed by atoms with van der Waals surface area (Å²) >= 11 is 0. The molecule has 0 saturated heterocycles. The fourth-order valence-corrected chi connectivity index (χ4v) is 1.90. The maximum absolute atomic E-state index is 9.02. The maximum Gasteiger partial charge on any atom is 0.204 e. The summed E-state index contributed by atoms with van der Waals surface area (Å²) in [6.07, 6.45) is 0.691. The van der Waals surface area contributed by atoms with Gasteiger partial charge < -0.3 is 15.0 Å². The molecule has 1 aromatic heterocycles. The Hall–Kier alpha value is -1.55. The Bertz CT molecular complexity index is 516. The van der Waals surface area contributed by atoms with Crippen LogP contribution in [0.5, 0.6) is 0 Å². The molecule has 0 aliphatic rings. The normalized spacial score (nSPS) is 12.0. The van der Waals surface area contributed by atoms with Gasteiger partial charge in [0.1, 0.15) is 0 Å². The molecule has 0 aliphatic carbocycles. The number of aliphatic hydroxyl groups is 1. The van der Waals surface area contributed by atoms with Gasteiger partial charge in [0.25, 0.3) is 0 Å². The van der Waals surface area contributed by atoms with E-state index in [4.69, 9.17) is 5.11 Å². The van der Waals surface area contributed by atoms with Crippen LogP contribution in [-0.4, -0.2) is 26.8 Å². The van der Waals surface area contributed by atoms with Gasteiger partial charge in [-0.05, 0) is 32.4 Å². The number of imidazole rings is 1. The van der Waals surface area contributed by atoms with E-state index in [0.717, 1.165) is 17.0 Å². The van der Waals surface area contributed by atoms with E-state index in [1.165, 1.54) is 0 Å². The van der Waals surface area contributed by atoms with Crippen molar-refractivity contribution < 1.29 is 5.11 Å². The molecule has 0 amide bonds. The summed E-state index contributed by atoms with van der Waals surface area (Å²) in [6.45, 7) is 4.29. The molecule has 92 valence electrons. The number of nitrogens with zero attached hydrogens (tertiary/aromatic N) is 2. The molecule has 4 heteroatoms. The first-order valence-electron chi connectivity index (χ1n) is 5.84. The lowest BCUT2D eigenvalue weighted by Crippen LogP contribution is -2.33. The van der Waals surface area contributed by atoms with Crippen molar-refractivity contribution in [3.63, 3.8) is 0 Å². The van der Waals surface area contributed by atoms with Gasteiger partial charge in [0.2, 0.25) is 5.95 Å². The van der Waals surface area contributed by atoms with Gasteiger partial charge >= 0.3 is 0 Å². The third kappa shape index (κ3) is 2.42. The lowest BCUT2D eigenvalue weighted by atomic mass is 10.0. The van der Waals surface area contributed by atoms with Crippen LogP contribution in [0.25, 0.3) is 11.0 Å². The first-order chi connectivity index (χ1) is 8.03. The molecule has 2 N–H and O–H groups in total. The van der Waals surface area contributed by atoms with Crippen LogP contribution in [-0.2, 0) is 7.05 Å². The third-order valence-corrected chi connectivity index (χ3v) is 2.97. The van der Waals surface area contributed by atoms with Gasteiger partial charge in [-0.25, -0.2) is 4.98 Å². The number of anilines is 1. The number of benzene rings is 1. The minimum Gasteiger partial charge on any atom is -0.396 e. The molecule has 0 spiro atoms. The average molecular weight is 233 g/mol. The monoisotopic (exact) mass is 233 g/mol. The van der Waals surface area contributed by atoms with Crippen molar-refractivity contribution in [2.24, 2.45) is 7.05 Å². The fraction of sp³-hybridized carbons (Fsp3) is 0.462. The van der Waals surface area contributed by atoms with Crippen molar-refractivity contribution >= 4 is 17.0 Å². The van der Waals surface area contributed by atoms with Gasteiger partial charge in [-0.15, -0.1) is 0 Å². The Morgan fingerprint density at radius 2 is 2.06 bits per heavy atom. The predicted molar refractivity (Wildman–Crippen MR) is 70.1 cm³/mol. The van der Waals surface area contributed by atoms with Crippen LogP contribution in [0, 0.1) is 0 Å². The highest BCUT2D eigenvalue weighted by Gasteiger charge is 2.19. The number of fused-ring (bicyclic) bond motifs is 1. The van der Waals surface area contributed by atoms with E-state index in [0.29, 0.717) is 6.42 Å². The topological polar surface area (TPSA) is 50.1 Å². The molecular formula is C13H19N3O. The van der Waals surface area contributed by atoms with Crippen LogP contribution in [0.2, 0.25) is 0 Å². The minimum absolute atomic E-state index is 0.163. The largest absolute Gasteiger partial charge is 0.396 e. The summed E-state index contributed by atoms with van der Waals surface area (Å²) in [4.78, 5) is 4.55. The molecule has 0 bridgehead atoms. The number of hydrogen-bond donors (Lipinski definition) is 2. The molecule has 0 saturated carbocycles. The third-order valence-electron chi connectivity index (χ3n) is 2.97. The zero-order valence-electron chi connectivity index (χ0n) is 10.6. The standard InChI is InChI=1S/C13H19N3O/c1-13(2,8-9-17)15-12-14-10-6-4-5-7-11(10)16(12)3/h4-7,17H,8-9H2,1-3H3,(H,14,15). The second-order valence-electron chi connectivity index (χ2n) is 4.97. The summed E-state index contributed by atoms with van der Waals surface area (Å²) < 4.78 is 2.04. The number of para-hydroxylation sites is 2. The molecule has 0 fully saturated rings. The lowest BCUT2D eigenvalue weighted by Gasteiger charge is -2.25. The minimum atomic E-state index is -0.163. The SMILES string of the molecule is Cn1c(NC(C)(C)CCO)nc2ccccc21. The summed E-state index contributed by atoms with van der Waals surface area (Å²) in [6, 6.07) is 8.04. The molecule has 17 heavy (non-hydrogen) atoms. The quantitative estimate of drug-likeness (QED) is 0.850.